The zero-order valence-corrected chi connectivity index (χ0v) is 9.59. The molecule has 1 radical (unpaired) electrons. The second-order valence-electron chi connectivity index (χ2n) is 1.98. The van der Waals surface area contributed by atoms with E-state index in [1.54, 1.807) is 0 Å². The Labute approximate surface area is 101 Å². The van der Waals surface area contributed by atoms with Crippen molar-refractivity contribution in [2.45, 2.75) is 11.0 Å². The predicted molar refractivity (Wildman–Crippen MR) is 36.7 cm³/mol. The molecule has 0 bridgehead atoms. The molecule has 3 N–H and O–H groups in total. The minimum absolute atomic E-state index is 0. The smallest absolute Gasteiger partial charge is 0.412 e. The number of sulfonamides is 2. The van der Waals surface area contributed by atoms with Gasteiger partial charge in [-0.1, -0.05) is 4.13 Å². The van der Waals surface area contributed by atoms with E-state index in [-0.39, 0.29) is 22.5 Å². The Hall–Kier alpha value is -0.0805. The van der Waals surface area contributed by atoms with Crippen LogP contribution in [0.1, 0.15) is 0 Å². The molecule has 0 aromatic rings. The van der Waals surface area contributed by atoms with Crippen LogP contribution in [0.15, 0.2) is 0 Å². The van der Waals surface area contributed by atoms with Crippen molar-refractivity contribution in [3.63, 3.8) is 0 Å². The van der Waals surface area contributed by atoms with Crippen LogP contribution in [0.4, 0.5) is 26.3 Å². The van der Waals surface area contributed by atoms with Gasteiger partial charge in [0.1, 0.15) is 0 Å². The molecular weight excluding hydrogens is 360 g/mol. The molecule has 15 heteroatoms. The van der Waals surface area contributed by atoms with Gasteiger partial charge in [-0.05, 0) is 0 Å². The molecule has 0 spiro atoms. The third kappa shape index (κ3) is 5.39. The molecule has 0 aliphatic rings. The Morgan fingerprint density at radius 2 is 0.882 bits per heavy atom. The molecule has 0 aromatic heterocycles. The second-order valence-corrected chi connectivity index (χ2v) is 5.59. The van der Waals surface area contributed by atoms with Gasteiger partial charge >= 0.3 is 48.1 Å². The Morgan fingerprint density at radius 1 is 0.706 bits per heavy atom. The van der Waals surface area contributed by atoms with Crippen molar-refractivity contribution in [2.24, 2.45) is 0 Å². The van der Waals surface area contributed by atoms with E-state index in [0.717, 1.165) is 0 Å². The van der Waals surface area contributed by atoms with E-state index in [4.69, 9.17) is 0 Å². The average Bonchev–Trinajstić information content (AvgIpc) is 1.77. The molecule has 0 rings (SSSR count). The van der Waals surface area contributed by atoms with Gasteiger partial charge in [0.2, 0.25) is 0 Å². The summed E-state index contributed by atoms with van der Waals surface area (Å²) >= 11 is 0. The Morgan fingerprint density at radius 3 is 1.00 bits per heavy atom. The van der Waals surface area contributed by atoms with Crippen LogP contribution in [0.5, 0.6) is 0 Å². The van der Waals surface area contributed by atoms with Gasteiger partial charge in [0.15, 0.2) is 0 Å². The van der Waals surface area contributed by atoms with E-state index in [1.165, 1.54) is 0 Å². The van der Waals surface area contributed by atoms with Crippen LogP contribution in [0.2, 0.25) is 0 Å². The van der Waals surface area contributed by atoms with E-state index in [9.17, 15) is 43.2 Å². The largest absolute Gasteiger partial charge is 2.00 e. The van der Waals surface area contributed by atoms with Crippen LogP contribution < -0.4 is 4.13 Å². The minimum Gasteiger partial charge on any atom is -0.412 e. The zero-order chi connectivity index (χ0) is 12.7. The topological polar surface area (TPSA) is 112 Å². The Balaban J connectivity index is -0.000000980. The normalized spacial score (nSPS) is 13.5. The van der Waals surface area contributed by atoms with Gasteiger partial charge < -0.3 is 5.48 Å². The number of hydrogen-bond acceptors (Lipinski definition) is 4. The summed E-state index contributed by atoms with van der Waals surface area (Å²) in [5.74, 6) is 0. The summed E-state index contributed by atoms with van der Waals surface area (Å²) in [6.07, 6.45) is 0. The number of hydrogen-bond donors (Lipinski definition) is 1. The Bertz CT molecular complexity index is 392. The van der Waals surface area contributed by atoms with Crippen molar-refractivity contribution < 1.29 is 65.7 Å². The number of rotatable bonds is 2. The summed E-state index contributed by atoms with van der Waals surface area (Å²) in [5, 5.41) is 0. The van der Waals surface area contributed by atoms with Crippen molar-refractivity contribution in [1.82, 2.24) is 4.13 Å². The van der Waals surface area contributed by atoms with E-state index in [0.29, 0.717) is 0 Å². The first-order valence-corrected chi connectivity index (χ1v) is 5.58. The van der Waals surface area contributed by atoms with E-state index < -0.39 is 35.2 Å². The SMILES string of the molecule is O.O=S(=O)(NS(=O)(=O)C(F)(F)F)C(F)(F)F.[Cu+2]. The third-order valence-corrected chi connectivity index (χ3v) is 3.80. The maximum Gasteiger partial charge on any atom is 2.00 e. The zero-order valence-electron chi connectivity index (χ0n) is 7.02. The van der Waals surface area contributed by atoms with Gasteiger partial charge in [-0.2, -0.15) is 26.3 Å². The van der Waals surface area contributed by atoms with Crippen molar-refractivity contribution in [2.75, 3.05) is 0 Å². The molecular formula is C2H3CuF6NO5S2+2. The minimum atomic E-state index is -6.60. The van der Waals surface area contributed by atoms with Crippen LogP contribution in [-0.4, -0.2) is 33.3 Å². The molecule has 6 nitrogen and oxygen atoms in total. The summed E-state index contributed by atoms with van der Waals surface area (Å²) < 4.78 is 108. The van der Waals surface area contributed by atoms with Crippen LogP contribution in [0.25, 0.3) is 0 Å². The average molecular weight is 363 g/mol. The Kier molecular flexibility index (Phi) is 7.43. The molecule has 0 atom stereocenters. The van der Waals surface area contributed by atoms with Crippen molar-refractivity contribution in [1.29, 1.82) is 0 Å². The fourth-order valence-corrected chi connectivity index (χ4v) is 2.15. The summed E-state index contributed by atoms with van der Waals surface area (Å²) in [4.78, 5) is 0. The number of alkyl halides is 6. The van der Waals surface area contributed by atoms with Gasteiger partial charge in [-0.15, -0.1) is 0 Å². The van der Waals surface area contributed by atoms with Crippen LogP contribution in [0.3, 0.4) is 0 Å². The van der Waals surface area contributed by atoms with E-state index >= 15 is 0 Å². The molecule has 0 aliphatic carbocycles. The molecule has 0 heterocycles. The molecule has 0 amide bonds. The fourth-order valence-electron chi connectivity index (χ4n) is 0.239. The summed E-state index contributed by atoms with van der Waals surface area (Å²) in [5.41, 5.74) is -12.3. The first-order valence-electron chi connectivity index (χ1n) is 2.62. The first-order chi connectivity index (χ1) is 6.21. The van der Waals surface area contributed by atoms with Gasteiger partial charge in [-0.25, -0.2) is 16.8 Å². The molecule has 109 valence electrons. The second kappa shape index (κ2) is 5.71. The molecule has 0 saturated carbocycles. The molecule has 0 saturated heterocycles. The monoisotopic (exact) mass is 362 g/mol. The van der Waals surface area contributed by atoms with E-state index in [1.807, 2.05) is 0 Å². The van der Waals surface area contributed by atoms with E-state index in [2.05, 4.69) is 0 Å². The van der Waals surface area contributed by atoms with Crippen LogP contribution in [-0.2, 0) is 37.1 Å². The molecule has 0 aliphatic heterocycles. The maximum atomic E-state index is 11.5. The number of nitrogens with one attached hydrogen (secondary N) is 1. The van der Waals surface area contributed by atoms with Crippen LogP contribution >= 0.6 is 0 Å². The van der Waals surface area contributed by atoms with Crippen molar-refractivity contribution in [3.8, 4) is 0 Å². The molecule has 0 fully saturated rings. The van der Waals surface area contributed by atoms with Gasteiger partial charge in [0, 0.05) is 0 Å². The summed E-state index contributed by atoms with van der Waals surface area (Å²) in [6, 6.07) is 0. The fraction of sp³-hybridized carbons (Fsp3) is 1.00. The van der Waals surface area contributed by atoms with Crippen molar-refractivity contribution in [3.05, 3.63) is 0 Å². The van der Waals surface area contributed by atoms with Gasteiger partial charge in [0.25, 0.3) is 0 Å². The molecule has 0 aromatic carbocycles. The standard InChI is InChI=1S/C2HF6NO4S2.Cu.H2O/c3-1(4,5)14(10,11)9-15(12,13)2(6,7)8;;/h9H;;1H2/q;+2;. The number of halogens is 6. The third-order valence-electron chi connectivity index (χ3n) is 0.829. The predicted octanol–water partition coefficient (Wildman–Crippen LogP) is -0.552. The maximum absolute atomic E-state index is 11.5. The van der Waals surface area contributed by atoms with Crippen molar-refractivity contribution >= 4 is 20.0 Å². The van der Waals surface area contributed by atoms with Gasteiger partial charge in [0.05, 0.1) is 0 Å². The first kappa shape index (κ1) is 22.1. The summed E-state index contributed by atoms with van der Waals surface area (Å²) in [7, 11) is -13.2. The van der Waals surface area contributed by atoms with Crippen LogP contribution in [0, 0.1) is 0 Å². The quantitative estimate of drug-likeness (QED) is 0.524. The molecule has 17 heavy (non-hydrogen) atoms. The summed E-state index contributed by atoms with van der Waals surface area (Å²) in [6.45, 7) is 0. The van der Waals surface area contributed by atoms with Gasteiger partial charge in [-0.3, -0.25) is 0 Å². The molecule has 0 unspecified atom stereocenters.